The maximum atomic E-state index is 13.0. The van der Waals surface area contributed by atoms with Gasteiger partial charge in [-0.15, -0.1) is 11.3 Å². The first kappa shape index (κ1) is 17.9. The number of carbonyl (C=O) groups excluding carboxylic acids is 1. The average molecular weight is 378 g/mol. The molecule has 0 saturated carbocycles. The van der Waals surface area contributed by atoms with Crippen LogP contribution in [0.5, 0.6) is 0 Å². The number of carbonyl (C=O) groups is 1. The van der Waals surface area contributed by atoms with Crippen LogP contribution in [0.4, 0.5) is 0 Å². The summed E-state index contributed by atoms with van der Waals surface area (Å²) >= 11 is 1.52. The summed E-state index contributed by atoms with van der Waals surface area (Å²) in [6, 6.07) is 18.6. The van der Waals surface area contributed by atoms with Gasteiger partial charge in [0.25, 0.3) is 5.91 Å². The third-order valence-corrected chi connectivity index (χ3v) is 6.17. The van der Waals surface area contributed by atoms with Crippen LogP contribution in [0.1, 0.15) is 27.5 Å². The van der Waals surface area contributed by atoms with Crippen molar-refractivity contribution in [3.63, 3.8) is 0 Å². The molecule has 3 aromatic rings. The van der Waals surface area contributed by atoms with Crippen molar-refractivity contribution in [1.29, 1.82) is 0 Å². The van der Waals surface area contributed by atoms with Gasteiger partial charge in [0.2, 0.25) is 0 Å². The van der Waals surface area contributed by atoms with Gasteiger partial charge in [-0.1, -0.05) is 60.2 Å². The number of aromatic nitrogens is 1. The average Bonchev–Trinajstić information content (AvgIpc) is 3.36. The van der Waals surface area contributed by atoms with E-state index in [9.17, 15) is 4.79 Å². The molecule has 0 unspecified atom stereocenters. The Hall–Kier alpha value is -2.50. The van der Waals surface area contributed by atoms with Crippen molar-refractivity contribution in [2.75, 3.05) is 19.6 Å². The van der Waals surface area contributed by atoms with Crippen molar-refractivity contribution >= 4 is 17.2 Å². The van der Waals surface area contributed by atoms with E-state index in [4.69, 9.17) is 5.73 Å². The summed E-state index contributed by atoms with van der Waals surface area (Å²) < 4.78 is 0. The summed E-state index contributed by atoms with van der Waals surface area (Å²) in [5.74, 6) is 0.573. The van der Waals surface area contributed by atoms with E-state index < -0.39 is 0 Å². The van der Waals surface area contributed by atoms with Crippen LogP contribution < -0.4 is 5.73 Å². The molecule has 2 N–H and O–H groups in total. The van der Waals surface area contributed by atoms with E-state index in [1.807, 2.05) is 40.6 Å². The van der Waals surface area contributed by atoms with Gasteiger partial charge in [0.05, 0.1) is 0 Å². The van der Waals surface area contributed by atoms with Crippen molar-refractivity contribution in [2.45, 2.75) is 12.8 Å². The Morgan fingerprint density at radius 1 is 1.15 bits per heavy atom. The summed E-state index contributed by atoms with van der Waals surface area (Å²) in [5, 5.41) is 2.75. The number of hydrogen-bond acceptors (Lipinski definition) is 4. The zero-order chi connectivity index (χ0) is 18.8. The number of likely N-dealkylation sites (tertiary alicyclic amines) is 1. The minimum Gasteiger partial charge on any atom is -0.336 e. The van der Waals surface area contributed by atoms with Crippen LogP contribution in [0.25, 0.3) is 10.6 Å². The minimum atomic E-state index is 0.00138. The molecule has 2 aromatic carbocycles. The zero-order valence-electron chi connectivity index (χ0n) is 15.3. The second kappa shape index (κ2) is 7.62. The molecule has 1 saturated heterocycles. The third-order valence-electron chi connectivity index (χ3n) is 5.28. The molecule has 0 spiro atoms. The van der Waals surface area contributed by atoms with Crippen molar-refractivity contribution < 1.29 is 4.79 Å². The van der Waals surface area contributed by atoms with Crippen LogP contribution in [-0.4, -0.2) is 35.4 Å². The monoisotopic (exact) mass is 377 g/mol. The van der Waals surface area contributed by atoms with Gasteiger partial charge in [-0.25, -0.2) is 4.98 Å². The number of rotatable bonds is 4. The molecule has 1 fully saturated rings. The number of nitrogens with two attached hydrogens (primary N) is 1. The largest absolute Gasteiger partial charge is 0.336 e. The highest BCUT2D eigenvalue weighted by atomic mass is 32.1. The van der Waals surface area contributed by atoms with Crippen LogP contribution >= 0.6 is 11.3 Å². The topological polar surface area (TPSA) is 59.2 Å². The maximum absolute atomic E-state index is 13.0. The molecule has 2 atom stereocenters. The Morgan fingerprint density at radius 3 is 2.59 bits per heavy atom. The van der Waals surface area contributed by atoms with Crippen LogP contribution in [0, 0.1) is 12.8 Å². The molecule has 1 aromatic heterocycles. The standard InChI is InChI=1S/C22H23N3OS/c1-15-7-9-17(10-8-15)21-24-20(14-27-21)22(26)25-12-18(11-23)19(13-25)16-5-3-2-4-6-16/h2-10,14,18-19H,11-13,23H2,1H3/t18-,19+/m1/s1. The highest BCUT2D eigenvalue weighted by Crippen LogP contribution is 2.33. The normalized spacial score (nSPS) is 19.4. The van der Waals surface area contributed by atoms with Gasteiger partial charge < -0.3 is 10.6 Å². The molecule has 0 radical (unpaired) electrons. The van der Waals surface area contributed by atoms with Gasteiger partial charge in [-0.2, -0.15) is 0 Å². The van der Waals surface area contributed by atoms with Crippen LogP contribution in [0.3, 0.4) is 0 Å². The molecule has 0 aliphatic carbocycles. The molecule has 1 aliphatic heterocycles. The van der Waals surface area contributed by atoms with Crippen molar-refractivity contribution in [3.05, 3.63) is 76.8 Å². The van der Waals surface area contributed by atoms with E-state index >= 15 is 0 Å². The summed E-state index contributed by atoms with van der Waals surface area (Å²) in [5.41, 5.74) is 10.0. The van der Waals surface area contributed by atoms with E-state index in [1.54, 1.807) is 0 Å². The molecule has 2 heterocycles. The fourth-order valence-electron chi connectivity index (χ4n) is 3.72. The Balaban J connectivity index is 1.52. The van der Waals surface area contributed by atoms with Crippen molar-refractivity contribution in [3.8, 4) is 10.6 Å². The van der Waals surface area contributed by atoms with E-state index in [-0.39, 0.29) is 17.7 Å². The fraction of sp³-hybridized carbons (Fsp3) is 0.273. The third kappa shape index (κ3) is 3.66. The summed E-state index contributed by atoms with van der Waals surface area (Å²) in [6.45, 7) is 4.02. The zero-order valence-corrected chi connectivity index (χ0v) is 16.2. The Labute approximate surface area is 163 Å². The molecular formula is C22H23N3OS. The summed E-state index contributed by atoms with van der Waals surface area (Å²) in [6.07, 6.45) is 0. The summed E-state index contributed by atoms with van der Waals surface area (Å²) in [7, 11) is 0. The number of hydrogen-bond donors (Lipinski definition) is 1. The van der Waals surface area contributed by atoms with E-state index in [0.717, 1.165) is 10.6 Å². The molecule has 4 nitrogen and oxygen atoms in total. The van der Waals surface area contributed by atoms with E-state index in [2.05, 4.69) is 36.2 Å². The van der Waals surface area contributed by atoms with Crippen LogP contribution in [0.2, 0.25) is 0 Å². The highest BCUT2D eigenvalue weighted by Gasteiger charge is 2.36. The second-order valence-corrected chi connectivity index (χ2v) is 7.99. The lowest BCUT2D eigenvalue weighted by atomic mass is 9.89. The molecule has 1 aliphatic rings. The Kier molecular flexibility index (Phi) is 5.05. The van der Waals surface area contributed by atoms with Crippen molar-refractivity contribution in [1.82, 2.24) is 9.88 Å². The molecule has 1 amide bonds. The van der Waals surface area contributed by atoms with Gasteiger partial charge in [0, 0.05) is 30.0 Å². The smallest absolute Gasteiger partial charge is 0.273 e. The van der Waals surface area contributed by atoms with Gasteiger partial charge in [0.1, 0.15) is 10.7 Å². The van der Waals surface area contributed by atoms with Crippen LogP contribution in [-0.2, 0) is 0 Å². The molecule has 27 heavy (non-hydrogen) atoms. The fourth-order valence-corrected chi connectivity index (χ4v) is 4.52. The number of benzene rings is 2. The van der Waals surface area contributed by atoms with Gasteiger partial charge in [0.15, 0.2) is 0 Å². The minimum absolute atomic E-state index is 0.00138. The highest BCUT2D eigenvalue weighted by molar-refractivity contribution is 7.13. The first-order valence-corrected chi connectivity index (χ1v) is 10.1. The molecule has 4 rings (SSSR count). The number of thiazole rings is 1. The predicted molar refractivity (Wildman–Crippen MR) is 110 cm³/mol. The van der Waals surface area contributed by atoms with Gasteiger partial charge >= 0.3 is 0 Å². The lowest BCUT2D eigenvalue weighted by Crippen LogP contribution is -2.30. The Morgan fingerprint density at radius 2 is 1.89 bits per heavy atom. The molecule has 138 valence electrons. The first-order chi connectivity index (χ1) is 13.2. The number of nitrogens with zero attached hydrogens (tertiary/aromatic N) is 2. The van der Waals surface area contributed by atoms with Crippen molar-refractivity contribution in [2.24, 2.45) is 11.7 Å². The molecular weight excluding hydrogens is 354 g/mol. The first-order valence-electron chi connectivity index (χ1n) is 9.22. The van der Waals surface area contributed by atoms with Gasteiger partial charge in [-0.05, 0) is 24.9 Å². The lowest BCUT2D eigenvalue weighted by Gasteiger charge is -2.16. The van der Waals surface area contributed by atoms with E-state index in [0.29, 0.717) is 25.3 Å². The number of amides is 1. The second-order valence-electron chi connectivity index (χ2n) is 7.13. The van der Waals surface area contributed by atoms with Gasteiger partial charge in [-0.3, -0.25) is 4.79 Å². The SMILES string of the molecule is Cc1ccc(-c2nc(C(=O)N3C[C@@H](CN)[C@H](c4ccccc4)C3)cs2)cc1. The summed E-state index contributed by atoms with van der Waals surface area (Å²) in [4.78, 5) is 19.5. The molecule has 0 bridgehead atoms. The predicted octanol–water partition coefficient (Wildman–Crippen LogP) is 3.93. The number of aryl methyl sites for hydroxylation is 1. The van der Waals surface area contributed by atoms with Crippen LogP contribution in [0.15, 0.2) is 60.0 Å². The Bertz CT molecular complexity index is 920. The maximum Gasteiger partial charge on any atom is 0.273 e. The van der Waals surface area contributed by atoms with E-state index in [1.165, 1.54) is 22.5 Å². The lowest BCUT2D eigenvalue weighted by molar-refractivity contribution is 0.0781. The quantitative estimate of drug-likeness (QED) is 0.749. The molecule has 5 heteroatoms.